The summed E-state index contributed by atoms with van der Waals surface area (Å²) in [6.45, 7) is 5.94. The van der Waals surface area contributed by atoms with Gasteiger partial charge in [-0.2, -0.15) is 0 Å². The van der Waals surface area contributed by atoms with Crippen molar-refractivity contribution in [2.24, 2.45) is 11.8 Å². The maximum atomic E-state index is 12.3. The van der Waals surface area contributed by atoms with Crippen molar-refractivity contribution in [3.05, 3.63) is 35.9 Å². The van der Waals surface area contributed by atoms with Crippen molar-refractivity contribution in [2.45, 2.75) is 58.5 Å². The van der Waals surface area contributed by atoms with E-state index < -0.39 is 0 Å². The SMILES string of the molecule is CC(=O)N[C@@H](CC(=O)NNC(=S)N[C@@H]1CCC[C@H](C)[C@H]1C)c1ccccc1. The Hall–Kier alpha value is -2.15. The van der Waals surface area contributed by atoms with Crippen LogP contribution in [0.2, 0.25) is 0 Å². The summed E-state index contributed by atoms with van der Waals surface area (Å²) in [5.74, 6) is 0.781. The Morgan fingerprint density at radius 2 is 1.85 bits per heavy atom. The molecule has 1 aliphatic carbocycles. The first-order chi connectivity index (χ1) is 12.9. The van der Waals surface area contributed by atoms with Crippen molar-refractivity contribution in [3.63, 3.8) is 0 Å². The molecule has 6 nitrogen and oxygen atoms in total. The second kappa shape index (κ2) is 10.3. The molecule has 0 bridgehead atoms. The summed E-state index contributed by atoms with van der Waals surface area (Å²) in [7, 11) is 0. The van der Waals surface area contributed by atoms with Crippen molar-refractivity contribution < 1.29 is 9.59 Å². The van der Waals surface area contributed by atoms with Crippen molar-refractivity contribution in [1.29, 1.82) is 0 Å². The molecule has 1 fully saturated rings. The molecule has 1 aromatic carbocycles. The third-order valence-corrected chi connectivity index (χ3v) is 5.53. The molecule has 0 unspecified atom stereocenters. The molecule has 0 heterocycles. The van der Waals surface area contributed by atoms with Gasteiger partial charge >= 0.3 is 0 Å². The van der Waals surface area contributed by atoms with Crippen LogP contribution in [0.15, 0.2) is 30.3 Å². The monoisotopic (exact) mass is 390 g/mol. The Labute approximate surface area is 166 Å². The zero-order valence-electron chi connectivity index (χ0n) is 16.2. The van der Waals surface area contributed by atoms with Gasteiger partial charge in [0, 0.05) is 13.0 Å². The molecule has 1 aromatic rings. The minimum atomic E-state index is -0.383. The molecule has 1 aliphatic rings. The van der Waals surface area contributed by atoms with Crippen LogP contribution in [0.25, 0.3) is 0 Å². The molecule has 0 saturated heterocycles. The number of hydrazine groups is 1. The lowest BCUT2D eigenvalue weighted by Gasteiger charge is -2.35. The van der Waals surface area contributed by atoms with Gasteiger partial charge in [0.1, 0.15) is 0 Å². The largest absolute Gasteiger partial charge is 0.358 e. The van der Waals surface area contributed by atoms with Crippen LogP contribution in [0.5, 0.6) is 0 Å². The predicted molar refractivity (Wildman–Crippen MR) is 111 cm³/mol. The van der Waals surface area contributed by atoms with Gasteiger partial charge in [-0.1, -0.05) is 57.0 Å². The second-order valence-electron chi connectivity index (χ2n) is 7.39. The van der Waals surface area contributed by atoms with E-state index in [0.29, 0.717) is 23.0 Å². The highest BCUT2D eigenvalue weighted by molar-refractivity contribution is 7.80. The fourth-order valence-electron chi connectivity index (χ4n) is 3.54. The Bertz CT molecular complexity index is 653. The van der Waals surface area contributed by atoms with Crippen LogP contribution in [0.1, 0.15) is 58.1 Å². The van der Waals surface area contributed by atoms with E-state index in [2.05, 4.69) is 35.3 Å². The predicted octanol–water partition coefficient (Wildman–Crippen LogP) is 2.57. The molecule has 2 rings (SSSR count). The minimum absolute atomic E-state index is 0.121. The van der Waals surface area contributed by atoms with Crippen LogP contribution in [0.4, 0.5) is 0 Å². The summed E-state index contributed by atoms with van der Waals surface area (Å²) < 4.78 is 0. The molecule has 0 spiro atoms. The maximum absolute atomic E-state index is 12.3. The number of rotatable bonds is 5. The van der Waals surface area contributed by atoms with Gasteiger partial charge in [-0.15, -0.1) is 0 Å². The van der Waals surface area contributed by atoms with Crippen molar-refractivity contribution in [1.82, 2.24) is 21.5 Å². The van der Waals surface area contributed by atoms with E-state index in [1.54, 1.807) is 0 Å². The van der Waals surface area contributed by atoms with Crippen molar-refractivity contribution in [3.8, 4) is 0 Å². The summed E-state index contributed by atoms with van der Waals surface area (Å²) in [6, 6.07) is 9.37. The van der Waals surface area contributed by atoms with Crippen LogP contribution < -0.4 is 21.5 Å². The summed E-state index contributed by atoms with van der Waals surface area (Å²) in [4.78, 5) is 23.8. The Balaban J connectivity index is 1.83. The quantitative estimate of drug-likeness (QED) is 0.459. The van der Waals surface area contributed by atoms with Crippen LogP contribution >= 0.6 is 12.2 Å². The van der Waals surface area contributed by atoms with Gasteiger partial charge in [-0.05, 0) is 36.0 Å². The lowest BCUT2D eigenvalue weighted by molar-refractivity contribution is -0.123. The third-order valence-electron chi connectivity index (χ3n) is 5.31. The van der Waals surface area contributed by atoms with E-state index in [1.165, 1.54) is 19.8 Å². The molecule has 4 atom stereocenters. The number of nitrogens with one attached hydrogen (secondary N) is 4. The van der Waals surface area contributed by atoms with E-state index in [1.807, 2.05) is 30.3 Å². The summed E-state index contributed by atoms with van der Waals surface area (Å²) in [6.07, 6.45) is 3.64. The van der Waals surface area contributed by atoms with Gasteiger partial charge < -0.3 is 10.6 Å². The lowest BCUT2D eigenvalue weighted by Crippen LogP contribution is -2.52. The highest BCUT2D eigenvalue weighted by Gasteiger charge is 2.27. The highest BCUT2D eigenvalue weighted by Crippen LogP contribution is 2.29. The highest BCUT2D eigenvalue weighted by atomic mass is 32.1. The molecule has 0 radical (unpaired) electrons. The van der Waals surface area contributed by atoms with E-state index in [-0.39, 0.29) is 24.3 Å². The van der Waals surface area contributed by atoms with Gasteiger partial charge in [0.05, 0.1) is 12.5 Å². The lowest BCUT2D eigenvalue weighted by atomic mass is 9.78. The Kier molecular flexibility index (Phi) is 8.03. The fraction of sp³-hybridized carbons (Fsp3) is 0.550. The molecule has 4 N–H and O–H groups in total. The number of carbonyl (C=O) groups excluding carboxylic acids is 2. The molecule has 148 valence electrons. The van der Waals surface area contributed by atoms with Crippen LogP contribution in [-0.4, -0.2) is 23.0 Å². The molecule has 2 amide bonds. The number of carbonyl (C=O) groups is 2. The number of hydrogen-bond donors (Lipinski definition) is 4. The molecular formula is C20H30N4O2S. The van der Waals surface area contributed by atoms with E-state index in [4.69, 9.17) is 12.2 Å². The van der Waals surface area contributed by atoms with Crippen molar-refractivity contribution in [2.75, 3.05) is 0 Å². The van der Waals surface area contributed by atoms with Crippen LogP contribution in [0.3, 0.4) is 0 Å². The fourth-order valence-corrected chi connectivity index (χ4v) is 3.74. The first-order valence-corrected chi connectivity index (χ1v) is 9.95. The van der Waals surface area contributed by atoms with E-state index >= 15 is 0 Å². The van der Waals surface area contributed by atoms with Crippen LogP contribution in [-0.2, 0) is 9.59 Å². The number of benzene rings is 1. The summed E-state index contributed by atoms with van der Waals surface area (Å²) in [5, 5.41) is 6.54. The van der Waals surface area contributed by atoms with Gasteiger partial charge in [-0.25, -0.2) is 0 Å². The average molecular weight is 391 g/mol. The number of thiocarbonyl (C=S) groups is 1. The third kappa shape index (κ3) is 6.82. The summed E-state index contributed by atoms with van der Waals surface area (Å²) in [5.41, 5.74) is 6.29. The summed E-state index contributed by atoms with van der Waals surface area (Å²) >= 11 is 5.32. The Morgan fingerprint density at radius 1 is 1.15 bits per heavy atom. The Morgan fingerprint density at radius 3 is 2.52 bits per heavy atom. The van der Waals surface area contributed by atoms with Gasteiger partial charge in [0.25, 0.3) is 0 Å². The number of hydrogen-bond acceptors (Lipinski definition) is 3. The van der Waals surface area contributed by atoms with Gasteiger partial charge in [0.15, 0.2) is 5.11 Å². The van der Waals surface area contributed by atoms with Crippen LogP contribution in [0, 0.1) is 11.8 Å². The van der Waals surface area contributed by atoms with E-state index in [9.17, 15) is 9.59 Å². The molecule has 7 heteroatoms. The minimum Gasteiger partial charge on any atom is -0.358 e. The molecular weight excluding hydrogens is 360 g/mol. The normalized spacial score (nSPS) is 23.0. The second-order valence-corrected chi connectivity index (χ2v) is 7.80. The topological polar surface area (TPSA) is 82.3 Å². The van der Waals surface area contributed by atoms with E-state index in [0.717, 1.165) is 12.0 Å². The van der Waals surface area contributed by atoms with Crippen molar-refractivity contribution >= 4 is 29.1 Å². The maximum Gasteiger partial charge on any atom is 0.240 e. The first-order valence-electron chi connectivity index (χ1n) is 9.54. The number of amides is 2. The molecule has 0 aliphatic heterocycles. The molecule has 0 aromatic heterocycles. The zero-order valence-corrected chi connectivity index (χ0v) is 17.1. The average Bonchev–Trinajstić information content (AvgIpc) is 2.64. The van der Waals surface area contributed by atoms with Gasteiger partial charge in [0.2, 0.25) is 11.8 Å². The molecule has 1 saturated carbocycles. The zero-order chi connectivity index (χ0) is 19.8. The first kappa shape index (κ1) is 21.2. The van der Waals surface area contributed by atoms with Gasteiger partial charge in [-0.3, -0.25) is 20.4 Å². The standard InChI is InChI=1S/C20H30N4O2S/c1-13-8-7-11-17(14(13)2)22-20(27)24-23-19(26)12-18(21-15(3)25)16-9-5-4-6-10-16/h4-6,9-10,13-14,17-18H,7-8,11-12H2,1-3H3,(H,21,25)(H,23,26)(H2,22,24,27)/t13-,14+,17+,18-/m0/s1. The smallest absolute Gasteiger partial charge is 0.240 e. The molecule has 27 heavy (non-hydrogen) atoms.